The van der Waals surface area contributed by atoms with Crippen LogP contribution >= 0.6 is 0 Å². The highest BCUT2D eigenvalue weighted by atomic mass is 16.4. The monoisotopic (exact) mass is 220 g/mol. The lowest BCUT2D eigenvalue weighted by Gasteiger charge is -2.12. The highest BCUT2D eigenvalue weighted by molar-refractivity contribution is 5.67. The highest BCUT2D eigenvalue weighted by Gasteiger charge is 2.16. The molecule has 0 fully saturated rings. The summed E-state index contributed by atoms with van der Waals surface area (Å²) in [6.07, 6.45) is 0.0764. The van der Waals surface area contributed by atoms with Gasteiger partial charge in [-0.3, -0.25) is 9.59 Å². The molecule has 0 atom stereocenters. The second-order valence-corrected chi connectivity index (χ2v) is 4.37. The van der Waals surface area contributed by atoms with Gasteiger partial charge in [0.15, 0.2) is 0 Å². The van der Waals surface area contributed by atoms with Crippen LogP contribution in [0.3, 0.4) is 0 Å². The van der Waals surface area contributed by atoms with Crippen LogP contribution < -0.4 is 0 Å². The normalized spacial score (nSPS) is 10.5. The van der Waals surface area contributed by atoms with Gasteiger partial charge in [0.25, 0.3) is 0 Å². The van der Waals surface area contributed by atoms with Gasteiger partial charge in [0.1, 0.15) is 0 Å². The third-order valence-electron chi connectivity index (χ3n) is 1.17. The van der Waals surface area contributed by atoms with E-state index in [1.165, 1.54) is 13.8 Å². The molecular formula is C10H20O5. The molecule has 0 spiro atoms. The van der Waals surface area contributed by atoms with Gasteiger partial charge in [0.05, 0.1) is 12.0 Å². The van der Waals surface area contributed by atoms with E-state index in [9.17, 15) is 9.59 Å². The maximum atomic E-state index is 9.85. The SMILES string of the molecule is CC(C)(O)CC(=O)O.CC(C)CC(=O)O. The Hall–Kier alpha value is -1.10. The summed E-state index contributed by atoms with van der Waals surface area (Å²) in [4.78, 5) is 19.7. The molecule has 0 rings (SSSR count). The van der Waals surface area contributed by atoms with Crippen molar-refractivity contribution in [3.63, 3.8) is 0 Å². The molecule has 0 aliphatic rings. The molecule has 0 aliphatic heterocycles. The van der Waals surface area contributed by atoms with Crippen molar-refractivity contribution in [2.24, 2.45) is 5.92 Å². The Kier molecular flexibility index (Phi) is 7.87. The Balaban J connectivity index is 0. The topological polar surface area (TPSA) is 94.8 Å². The third-order valence-corrected chi connectivity index (χ3v) is 1.17. The van der Waals surface area contributed by atoms with Crippen molar-refractivity contribution in [2.75, 3.05) is 0 Å². The molecule has 0 radical (unpaired) electrons. The fourth-order valence-electron chi connectivity index (χ4n) is 0.719. The first-order chi connectivity index (χ1) is 6.54. The smallest absolute Gasteiger partial charge is 0.306 e. The molecule has 0 heterocycles. The van der Waals surface area contributed by atoms with Gasteiger partial charge in [-0.2, -0.15) is 0 Å². The van der Waals surface area contributed by atoms with E-state index in [-0.39, 0.29) is 18.8 Å². The third kappa shape index (κ3) is 24.6. The molecule has 5 heteroatoms. The molecule has 0 aliphatic carbocycles. The second-order valence-electron chi connectivity index (χ2n) is 4.37. The van der Waals surface area contributed by atoms with Gasteiger partial charge in [-0.05, 0) is 19.8 Å². The van der Waals surface area contributed by atoms with Crippen molar-refractivity contribution < 1.29 is 24.9 Å². The fraction of sp³-hybridized carbons (Fsp3) is 0.800. The van der Waals surface area contributed by atoms with Crippen LogP contribution in [0.2, 0.25) is 0 Å². The Morgan fingerprint density at radius 1 is 1.13 bits per heavy atom. The first-order valence-electron chi connectivity index (χ1n) is 4.70. The van der Waals surface area contributed by atoms with E-state index in [0.717, 1.165) is 0 Å². The molecule has 0 amide bonds. The van der Waals surface area contributed by atoms with Crippen LogP contribution in [0.1, 0.15) is 40.5 Å². The van der Waals surface area contributed by atoms with Crippen molar-refractivity contribution in [3.05, 3.63) is 0 Å². The van der Waals surface area contributed by atoms with E-state index in [1.807, 2.05) is 13.8 Å². The number of aliphatic hydroxyl groups is 1. The maximum absolute atomic E-state index is 9.85. The zero-order valence-corrected chi connectivity index (χ0v) is 9.65. The Bertz CT molecular complexity index is 202. The predicted octanol–water partition coefficient (Wildman–Crippen LogP) is 1.35. The minimum Gasteiger partial charge on any atom is -0.481 e. The minimum atomic E-state index is -1.08. The number of hydrogen-bond donors (Lipinski definition) is 3. The summed E-state index contributed by atoms with van der Waals surface area (Å²) >= 11 is 0. The number of rotatable bonds is 4. The zero-order valence-electron chi connectivity index (χ0n) is 9.65. The second kappa shape index (κ2) is 7.23. The summed E-state index contributed by atoms with van der Waals surface area (Å²) in [5, 5.41) is 25.0. The Morgan fingerprint density at radius 2 is 1.53 bits per heavy atom. The van der Waals surface area contributed by atoms with Gasteiger partial charge in [-0.1, -0.05) is 13.8 Å². The molecule has 0 unspecified atom stereocenters. The summed E-state index contributed by atoms with van der Waals surface area (Å²) in [6, 6.07) is 0. The quantitative estimate of drug-likeness (QED) is 0.664. The van der Waals surface area contributed by atoms with Crippen LogP contribution in [0.25, 0.3) is 0 Å². The van der Waals surface area contributed by atoms with Gasteiger partial charge >= 0.3 is 11.9 Å². The minimum absolute atomic E-state index is 0.201. The summed E-state index contributed by atoms with van der Waals surface area (Å²) in [5.74, 6) is -1.41. The average Bonchev–Trinajstić information content (AvgIpc) is 1.76. The molecule has 0 saturated carbocycles. The van der Waals surface area contributed by atoms with Crippen molar-refractivity contribution in [1.29, 1.82) is 0 Å². The molecule has 0 aromatic rings. The van der Waals surface area contributed by atoms with Crippen LogP contribution in [-0.2, 0) is 9.59 Å². The molecule has 0 bridgehead atoms. The molecule has 90 valence electrons. The summed E-state index contributed by atoms with van der Waals surface area (Å²) in [5.41, 5.74) is -1.08. The number of carboxylic acids is 2. The van der Waals surface area contributed by atoms with Crippen molar-refractivity contribution in [2.45, 2.75) is 46.1 Å². The lowest BCUT2D eigenvalue weighted by atomic mass is 10.1. The van der Waals surface area contributed by atoms with E-state index in [0.29, 0.717) is 0 Å². The first-order valence-corrected chi connectivity index (χ1v) is 4.70. The fourth-order valence-corrected chi connectivity index (χ4v) is 0.719. The van der Waals surface area contributed by atoms with Gasteiger partial charge in [-0.15, -0.1) is 0 Å². The lowest BCUT2D eigenvalue weighted by Crippen LogP contribution is -2.22. The van der Waals surface area contributed by atoms with Crippen LogP contribution in [-0.4, -0.2) is 32.9 Å². The molecule has 15 heavy (non-hydrogen) atoms. The van der Waals surface area contributed by atoms with Gasteiger partial charge in [0, 0.05) is 6.42 Å². The Morgan fingerprint density at radius 3 is 1.53 bits per heavy atom. The van der Waals surface area contributed by atoms with Gasteiger partial charge in [0.2, 0.25) is 0 Å². The van der Waals surface area contributed by atoms with Crippen molar-refractivity contribution in [1.82, 2.24) is 0 Å². The average molecular weight is 220 g/mol. The van der Waals surface area contributed by atoms with Crippen molar-refractivity contribution in [3.8, 4) is 0 Å². The van der Waals surface area contributed by atoms with Crippen LogP contribution in [0.15, 0.2) is 0 Å². The highest BCUT2D eigenvalue weighted by Crippen LogP contribution is 2.05. The molecule has 5 nitrogen and oxygen atoms in total. The van der Waals surface area contributed by atoms with Crippen LogP contribution in [0.4, 0.5) is 0 Å². The maximum Gasteiger partial charge on any atom is 0.306 e. The molecule has 0 saturated heterocycles. The first kappa shape index (κ1) is 16.3. The van der Waals surface area contributed by atoms with E-state index < -0.39 is 17.5 Å². The van der Waals surface area contributed by atoms with E-state index in [4.69, 9.17) is 15.3 Å². The predicted molar refractivity (Wildman–Crippen MR) is 55.6 cm³/mol. The number of carbonyl (C=O) groups is 2. The summed E-state index contributed by atoms with van der Waals surface area (Å²) in [7, 11) is 0. The summed E-state index contributed by atoms with van der Waals surface area (Å²) in [6.45, 7) is 6.68. The van der Waals surface area contributed by atoms with Gasteiger partial charge < -0.3 is 15.3 Å². The number of aliphatic carboxylic acids is 2. The van der Waals surface area contributed by atoms with E-state index >= 15 is 0 Å². The number of hydrogen-bond acceptors (Lipinski definition) is 3. The largest absolute Gasteiger partial charge is 0.481 e. The van der Waals surface area contributed by atoms with Crippen LogP contribution in [0, 0.1) is 5.92 Å². The Labute approximate surface area is 89.7 Å². The zero-order chi connectivity index (χ0) is 12.6. The number of carboxylic acid groups (broad SMARTS) is 2. The lowest BCUT2D eigenvalue weighted by molar-refractivity contribution is -0.141. The molecule has 0 aromatic carbocycles. The summed E-state index contributed by atoms with van der Waals surface area (Å²) < 4.78 is 0. The molecule has 3 N–H and O–H groups in total. The van der Waals surface area contributed by atoms with E-state index in [1.54, 1.807) is 0 Å². The van der Waals surface area contributed by atoms with Crippen LogP contribution in [0.5, 0.6) is 0 Å². The van der Waals surface area contributed by atoms with Gasteiger partial charge in [-0.25, -0.2) is 0 Å². The molecule has 0 aromatic heterocycles. The van der Waals surface area contributed by atoms with Crippen molar-refractivity contribution >= 4 is 11.9 Å². The van der Waals surface area contributed by atoms with E-state index in [2.05, 4.69) is 0 Å². The standard InChI is InChI=1S/C5H10O3.C5H10O2/c1-5(2,8)3-4(6)7;1-4(2)3-5(6)7/h8H,3H2,1-2H3,(H,6,7);4H,3H2,1-2H3,(H,6,7). The molecular weight excluding hydrogens is 200 g/mol.